The minimum Gasteiger partial charge on any atom is -0.217 e. The molecule has 0 amide bonds. The maximum absolute atomic E-state index is 13.5. The highest BCUT2D eigenvalue weighted by Gasteiger charge is 2.14. The smallest absolute Gasteiger partial charge is 0.184 e. The molecular formula is C11H10BrF2N3. The summed E-state index contributed by atoms with van der Waals surface area (Å²) in [5, 5.41) is 7.70. The Hall–Kier alpha value is -1.30. The first kappa shape index (κ1) is 12.2. The van der Waals surface area contributed by atoms with Crippen molar-refractivity contribution in [1.29, 1.82) is 0 Å². The Balaban J connectivity index is 2.40. The van der Waals surface area contributed by atoms with Crippen molar-refractivity contribution in [2.45, 2.75) is 18.2 Å². The first-order valence-electron chi connectivity index (χ1n) is 5.14. The predicted octanol–water partition coefficient (Wildman–Crippen LogP) is 3.39. The van der Waals surface area contributed by atoms with Crippen molar-refractivity contribution in [3.8, 4) is 5.69 Å². The Morgan fingerprint density at radius 2 is 2.18 bits per heavy atom. The summed E-state index contributed by atoms with van der Waals surface area (Å²) >= 11 is 3.42. The monoisotopic (exact) mass is 301 g/mol. The summed E-state index contributed by atoms with van der Waals surface area (Å²) in [6, 6.07) is 3.95. The molecule has 0 N–H and O–H groups in total. The molecule has 2 rings (SSSR count). The molecule has 6 heteroatoms. The molecule has 0 bridgehead atoms. The lowest BCUT2D eigenvalue weighted by molar-refractivity contribution is 0.500. The molecule has 0 saturated heterocycles. The third-order valence-electron chi connectivity index (χ3n) is 2.37. The van der Waals surface area contributed by atoms with Crippen LogP contribution in [0.2, 0.25) is 0 Å². The second-order valence-corrected chi connectivity index (χ2v) is 4.64. The lowest BCUT2D eigenvalue weighted by atomic mass is 10.2. The molecule has 1 heterocycles. The van der Waals surface area contributed by atoms with Gasteiger partial charge in [-0.2, -0.15) is 0 Å². The van der Waals surface area contributed by atoms with Crippen LogP contribution in [-0.4, -0.2) is 15.0 Å². The molecule has 90 valence electrons. The van der Waals surface area contributed by atoms with Crippen LogP contribution in [-0.2, 0) is 0 Å². The minimum absolute atomic E-state index is 0.0551. The number of nitrogens with zero attached hydrogens (tertiary/aromatic N) is 3. The van der Waals surface area contributed by atoms with Gasteiger partial charge in [0.2, 0.25) is 0 Å². The second kappa shape index (κ2) is 4.91. The Kier molecular flexibility index (Phi) is 3.51. The highest BCUT2D eigenvalue weighted by atomic mass is 79.9. The summed E-state index contributed by atoms with van der Waals surface area (Å²) in [6.07, 6.45) is 2.42. The van der Waals surface area contributed by atoms with Crippen molar-refractivity contribution in [2.75, 3.05) is 0 Å². The zero-order valence-corrected chi connectivity index (χ0v) is 10.7. The largest absolute Gasteiger partial charge is 0.217 e. The van der Waals surface area contributed by atoms with E-state index < -0.39 is 11.6 Å². The van der Waals surface area contributed by atoms with Gasteiger partial charge in [0.1, 0.15) is 5.69 Å². The fraction of sp³-hybridized carbons (Fsp3) is 0.273. The van der Waals surface area contributed by atoms with Crippen LogP contribution >= 0.6 is 15.9 Å². The van der Waals surface area contributed by atoms with Crippen LogP contribution in [0.3, 0.4) is 0 Å². The van der Waals surface area contributed by atoms with E-state index in [1.807, 2.05) is 6.92 Å². The Bertz CT molecular complexity index is 527. The van der Waals surface area contributed by atoms with Gasteiger partial charge < -0.3 is 0 Å². The van der Waals surface area contributed by atoms with Crippen LogP contribution in [0.15, 0.2) is 24.4 Å². The first-order valence-corrected chi connectivity index (χ1v) is 6.05. The molecule has 0 fully saturated rings. The van der Waals surface area contributed by atoms with Crippen molar-refractivity contribution >= 4 is 15.9 Å². The molecule has 0 aliphatic carbocycles. The number of aromatic nitrogens is 3. The third kappa shape index (κ3) is 2.36. The fourth-order valence-corrected chi connectivity index (χ4v) is 1.63. The van der Waals surface area contributed by atoms with Gasteiger partial charge in [0.15, 0.2) is 11.6 Å². The summed E-state index contributed by atoms with van der Waals surface area (Å²) in [5.41, 5.74) is 0.746. The predicted molar refractivity (Wildman–Crippen MR) is 63.2 cm³/mol. The lowest BCUT2D eigenvalue weighted by Crippen LogP contribution is -2.00. The molecule has 3 nitrogen and oxygen atoms in total. The van der Waals surface area contributed by atoms with E-state index in [-0.39, 0.29) is 10.5 Å². The van der Waals surface area contributed by atoms with Crippen molar-refractivity contribution in [1.82, 2.24) is 15.0 Å². The van der Waals surface area contributed by atoms with Crippen LogP contribution in [0.4, 0.5) is 8.78 Å². The van der Waals surface area contributed by atoms with Crippen molar-refractivity contribution in [3.63, 3.8) is 0 Å². The van der Waals surface area contributed by atoms with Gasteiger partial charge in [-0.3, -0.25) is 0 Å². The normalized spacial score (nSPS) is 12.7. The number of benzene rings is 1. The van der Waals surface area contributed by atoms with Gasteiger partial charge in [-0.15, -0.1) is 5.10 Å². The van der Waals surface area contributed by atoms with E-state index in [0.29, 0.717) is 5.69 Å². The SMILES string of the molecule is CCC(Br)c1cn(-c2cccc(F)c2F)nn1. The topological polar surface area (TPSA) is 30.7 Å². The molecule has 1 unspecified atom stereocenters. The van der Waals surface area contributed by atoms with Gasteiger partial charge in [-0.1, -0.05) is 34.1 Å². The van der Waals surface area contributed by atoms with Gasteiger partial charge in [0, 0.05) is 0 Å². The van der Waals surface area contributed by atoms with Gasteiger partial charge in [-0.25, -0.2) is 13.5 Å². The summed E-state index contributed by atoms with van der Waals surface area (Å²) in [6.45, 7) is 1.99. The molecule has 0 aliphatic rings. The third-order valence-corrected chi connectivity index (χ3v) is 3.49. The molecule has 0 aliphatic heterocycles. The molecule has 1 aromatic carbocycles. The molecule has 0 radical (unpaired) electrons. The second-order valence-electron chi connectivity index (χ2n) is 3.54. The molecule has 1 atom stereocenters. The minimum atomic E-state index is -0.924. The van der Waals surface area contributed by atoms with Gasteiger partial charge in [0.25, 0.3) is 0 Å². The average molecular weight is 302 g/mol. The highest BCUT2D eigenvalue weighted by molar-refractivity contribution is 9.09. The molecule has 1 aromatic heterocycles. The van der Waals surface area contributed by atoms with Crippen molar-refractivity contribution in [2.24, 2.45) is 0 Å². The zero-order valence-electron chi connectivity index (χ0n) is 9.07. The summed E-state index contributed by atoms with van der Waals surface area (Å²) in [5.74, 6) is -1.82. The maximum atomic E-state index is 13.5. The molecule has 17 heavy (non-hydrogen) atoms. The van der Waals surface area contributed by atoms with E-state index in [2.05, 4.69) is 26.2 Å². The van der Waals surface area contributed by atoms with Gasteiger partial charge >= 0.3 is 0 Å². The van der Waals surface area contributed by atoms with E-state index in [0.717, 1.165) is 12.5 Å². The molecule has 0 saturated carbocycles. The van der Waals surface area contributed by atoms with Crippen molar-refractivity contribution in [3.05, 3.63) is 41.7 Å². The van der Waals surface area contributed by atoms with Gasteiger partial charge in [0.05, 0.1) is 16.7 Å². The molecular weight excluding hydrogens is 292 g/mol. The van der Waals surface area contributed by atoms with E-state index in [9.17, 15) is 8.78 Å². The fourth-order valence-electron chi connectivity index (χ4n) is 1.42. The summed E-state index contributed by atoms with van der Waals surface area (Å²) in [7, 11) is 0. The zero-order chi connectivity index (χ0) is 12.4. The Morgan fingerprint density at radius 3 is 2.88 bits per heavy atom. The van der Waals surface area contributed by atoms with Gasteiger partial charge in [-0.05, 0) is 18.6 Å². The lowest BCUT2D eigenvalue weighted by Gasteiger charge is -2.02. The number of hydrogen-bond acceptors (Lipinski definition) is 2. The van der Waals surface area contributed by atoms with E-state index in [4.69, 9.17) is 0 Å². The number of halogens is 3. The van der Waals surface area contributed by atoms with Crippen LogP contribution < -0.4 is 0 Å². The van der Waals surface area contributed by atoms with E-state index in [1.54, 1.807) is 6.20 Å². The first-order chi connectivity index (χ1) is 8.13. The van der Waals surface area contributed by atoms with E-state index >= 15 is 0 Å². The molecule has 0 spiro atoms. The van der Waals surface area contributed by atoms with Crippen LogP contribution in [0, 0.1) is 11.6 Å². The summed E-state index contributed by atoms with van der Waals surface area (Å²) < 4.78 is 27.8. The Morgan fingerprint density at radius 1 is 1.41 bits per heavy atom. The van der Waals surface area contributed by atoms with Crippen LogP contribution in [0.25, 0.3) is 5.69 Å². The maximum Gasteiger partial charge on any atom is 0.184 e. The summed E-state index contributed by atoms with van der Waals surface area (Å²) in [4.78, 5) is 0.0628. The number of rotatable bonds is 3. The average Bonchev–Trinajstić information content (AvgIpc) is 2.81. The highest BCUT2D eigenvalue weighted by Crippen LogP contribution is 2.24. The number of alkyl halides is 1. The molecule has 2 aromatic rings. The van der Waals surface area contributed by atoms with Crippen molar-refractivity contribution < 1.29 is 8.78 Å². The quantitative estimate of drug-likeness (QED) is 0.814. The van der Waals surface area contributed by atoms with Crippen LogP contribution in [0.5, 0.6) is 0 Å². The standard InChI is InChI=1S/C11H10BrF2N3/c1-2-7(12)9-6-17(16-15-9)10-5-3-4-8(13)11(10)14/h3-7H,2H2,1H3. The number of hydrogen-bond donors (Lipinski definition) is 0. The Labute approximate surface area is 106 Å². The van der Waals surface area contributed by atoms with E-state index in [1.165, 1.54) is 16.8 Å². The van der Waals surface area contributed by atoms with Crippen LogP contribution in [0.1, 0.15) is 23.9 Å².